The second-order valence-electron chi connectivity index (χ2n) is 4.89. The van der Waals surface area contributed by atoms with Crippen LogP contribution in [-0.4, -0.2) is 22.3 Å². The molecule has 0 unspecified atom stereocenters. The van der Waals surface area contributed by atoms with Gasteiger partial charge in [-0.25, -0.2) is 0 Å². The van der Waals surface area contributed by atoms with Crippen LogP contribution in [0.15, 0.2) is 53.1 Å². The van der Waals surface area contributed by atoms with E-state index < -0.39 is 0 Å². The Morgan fingerprint density at radius 1 is 1.20 bits per heavy atom. The number of benzene rings is 1. The van der Waals surface area contributed by atoms with Crippen LogP contribution in [-0.2, 0) is 0 Å². The summed E-state index contributed by atoms with van der Waals surface area (Å²) in [6.45, 7) is 0.793. The van der Waals surface area contributed by atoms with E-state index in [1.54, 1.807) is 6.20 Å². The van der Waals surface area contributed by atoms with E-state index in [1.165, 1.54) is 0 Å². The molecule has 102 valence electrons. The van der Waals surface area contributed by atoms with Crippen molar-refractivity contribution in [2.45, 2.75) is 18.9 Å². The monoisotopic (exact) mass is 330 g/mol. The van der Waals surface area contributed by atoms with Crippen LogP contribution in [0.2, 0.25) is 0 Å². The smallest absolute Gasteiger partial charge is 0.255 e. The zero-order valence-electron chi connectivity index (χ0n) is 11.0. The van der Waals surface area contributed by atoms with Gasteiger partial charge in [-0.15, -0.1) is 0 Å². The number of pyridine rings is 1. The molecule has 20 heavy (non-hydrogen) atoms. The summed E-state index contributed by atoms with van der Waals surface area (Å²) in [4.78, 5) is 19.1. The van der Waals surface area contributed by atoms with E-state index in [0.29, 0.717) is 0 Å². The van der Waals surface area contributed by atoms with E-state index in [0.717, 1.165) is 35.1 Å². The Balaban J connectivity index is 1.90. The molecule has 3 nitrogen and oxygen atoms in total. The molecule has 2 aromatic rings. The molecule has 0 aliphatic carbocycles. The Hall–Kier alpha value is -1.68. The second-order valence-corrected chi connectivity index (χ2v) is 5.75. The molecule has 1 fully saturated rings. The summed E-state index contributed by atoms with van der Waals surface area (Å²) in [5.74, 6) is 0.0747. The molecule has 0 bridgehead atoms. The van der Waals surface area contributed by atoms with Gasteiger partial charge in [0, 0.05) is 17.2 Å². The molecule has 0 spiro atoms. The number of aromatic nitrogens is 1. The van der Waals surface area contributed by atoms with Crippen LogP contribution in [0.3, 0.4) is 0 Å². The number of hydrogen-bond donors (Lipinski definition) is 0. The number of nitrogens with zero attached hydrogens (tertiary/aromatic N) is 2. The zero-order chi connectivity index (χ0) is 13.9. The number of likely N-dealkylation sites (tertiary alicyclic amines) is 1. The third kappa shape index (κ3) is 2.48. The Bertz CT molecular complexity index is 615. The standard InChI is InChI=1S/C16H15BrN2O/c17-13-7-2-1-6-12(13)16(20)19-11-5-9-15(19)14-8-3-4-10-18-14/h1-4,6-8,10,15H,5,9,11H2/t15-/m1/s1. The SMILES string of the molecule is O=C(c1ccccc1Br)N1CCC[C@@H]1c1ccccn1. The summed E-state index contributed by atoms with van der Waals surface area (Å²) in [6, 6.07) is 13.5. The average Bonchev–Trinajstić information content (AvgIpc) is 2.97. The topological polar surface area (TPSA) is 33.2 Å². The van der Waals surface area contributed by atoms with Gasteiger partial charge in [0.2, 0.25) is 0 Å². The predicted molar refractivity (Wildman–Crippen MR) is 81.4 cm³/mol. The molecule has 1 aromatic heterocycles. The van der Waals surface area contributed by atoms with Crippen LogP contribution in [0, 0.1) is 0 Å². The molecular formula is C16H15BrN2O. The third-order valence-electron chi connectivity index (χ3n) is 3.65. The van der Waals surface area contributed by atoms with Crippen LogP contribution in [0.25, 0.3) is 0 Å². The van der Waals surface area contributed by atoms with Crippen LogP contribution in [0.1, 0.15) is 34.9 Å². The van der Waals surface area contributed by atoms with Crippen LogP contribution in [0.4, 0.5) is 0 Å². The van der Waals surface area contributed by atoms with Crippen molar-refractivity contribution in [3.05, 3.63) is 64.4 Å². The third-order valence-corrected chi connectivity index (χ3v) is 4.34. The summed E-state index contributed by atoms with van der Waals surface area (Å²) in [5, 5.41) is 0. The molecule has 1 amide bonds. The molecule has 1 aromatic carbocycles. The lowest BCUT2D eigenvalue weighted by Gasteiger charge is -2.24. The minimum Gasteiger partial charge on any atom is -0.330 e. The molecule has 1 saturated heterocycles. The largest absolute Gasteiger partial charge is 0.330 e. The van der Waals surface area contributed by atoms with E-state index in [9.17, 15) is 4.79 Å². The fraction of sp³-hybridized carbons (Fsp3) is 0.250. The van der Waals surface area contributed by atoms with Gasteiger partial charge in [-0.05, 0) is 53.0 Å². The van der Waals surface area contributed by atoms with Crippen LogP contribution in [0.5, 0.6) is 0 Å². The molecule has 1 aliphatic rings. The average molecular weight is 331 g/mol. The van der Waals surface area contributed by atoms with Crippen LogP contribution >= 0.6 is 15.9 Å². The Morgan fingerprint density at radius 3 is 2.75 bits per heavy atom. The van der Waals surface area contributed by atoms with Gasteiger partial charge >= 0.3 is 0 Å². The van der Waals surface area contributed by atoms with Gasteiger partial charge in [0.15, 0.2) is 0 Å². The van der Waals surface area contributed by atoms with Gasteiger partial charge in [-0.2, -0.15) is 0 Å². The highest BCUT2D eigenvalue weighted by molar-refractivity contribution is 9.10. The zero-order valence-corrected chi connectivity index (χ0v) is 12.6. The van der Waals surface area contributed by atoms with Crippen LogP contribution < -0.4 is 0 Å². The summed E-state index contributed by atoms with van der Waals surface area (Å²) in [7, 11) is 0. The number of rotatable bonds is 2. The van der Waals surface area contributed by atoms with Gasteiger partial charge in [0.05, 0.1) is 17.3 Å². The first-order valence-electron chi connectivity index (χ1n) is 6.74. The number of halogens is 1. The minimum atomic E-state index is 0.0747. The van der Waals surface area contributed by atoms with Crippen molar-refractivity contribution in [2.24, 2.45) is 0 Å². The van der Waals surface area contributed by atoms with Gasteiger partial charge in [0.25, 0.3) is 5.91 Å². The quantitative estimate of drug-likeness (QED) is 0.838. The summed E-state index contributed by atoms with van der Waals surface area (Å²) in [6.07, 6.45) is 3.79. The van der Waals surface area contributed by atoms with Gasteiger partial charge in [0.1, 0.15) is 0 Å². The Kier molecular flexibility index (Phi) is 3.83. The maximum atomic E-state index is 12.7. The fourth-order valence-electron chi connectivity index (χ4n) is 2.68. The molecular weight excluding hydrogens is 316 g/mol. The van der Waals surface area contributed by atoms with E-state index >= 15 is 0 Å². The van der Waals surface area contributed by atoms with Gasteiger partial charge in [-0.1, -0.05) is 18.2 Å². The molecule has 0 saturated carbocycles. The molecule has 3 rings (SSSR count). The van der Waals surface area contributed by atoms with Crippen molar-refractivity contribution in [3.8, 4) is 0 Å². The first kappa shape index (κ1) is 13.3. The normalized spacial score (nSPS) is 18.2. The summed E-state index contributed by atoms with van der Waals surface area (Å²) >= 11 is 3.46. The highest BCUT2D eigenvalue weighted by Crippen LogP contribution is 2.33. The molecule has 2 heterocycles. The van der Waals surface area contributed by atoms with Gasteiger partial charge in [-0.3, -0.25) is 9.78 Å². The molecule has 0 radical (unpaired) electrons. The van der Waals surface area contributed by atoms with E-state index in [2.05, 4.69) is 20.9 Å². The van der Waals surface area contributed by atoms with E-state index in [-0.39, 0.29) is 11.9 Å². The first-order chi connectivity index (χ1) is 9.77. The number of carbonyl (C=O) groups excluding carboxylic acids is 1. The minimum absolute atomic E-state index is 0.0747. The van der Waals surface area contributed by atoms with Gasteiger partial charge < -0.3 is 4.90 Å². The lowest BCUT2D eigenvalue weighted by atomic mass is 10.1. The Labute approximate surface area is 126 Å². The van der Waals surface area contributed by atoms with Crippen molar-refractivity contribution in [1.29, 1.82) is 0 Å². The number of carbonyl (C=O) groups is 1. The maximum absolute atomic E-state index is 12.7. The van der Waals surface area contributed by atoms with E-state index in [1.807, 2.05) is 47.4 Å². The lowest BCUT2D eigenvalue weighted by Crippen LogP contribution is -2.31. The Morgan fingerprint density at radius 2 is 2.00 bits per heavy atom. The molecule has 1 aliphatic heterocycles. The summed E-state index contributed by atoms with van der Waals surface area (Å²) in [5.41, 5.74) is 1.70. The van der Waals surface area contributed by atoms with Crippen molar-refractivity contribution < 1.29 is 4.79 Å². The molecule has 4 heteroatoms. The van der Waals surface area contributed by atoms with Crippen molar-refractivity contribution in [3.63, 3.8) is 0 Å². The molecule has 0 N–H and O–H groups in total. The van der Waals surface area contributed by atoms with E-state index in [4.69, 9.17) is 0 Å². The van der Waals surface area contributed by atoms with Crippen molar-refractivity contribution in [1.82, 2.24) is 9.88 Å². The highest BCUT2D eigenvalue weighted by Gasteiger charge is 2.31. The highest BCUT2D eigenvalue weighted by atomic mass is 79.9. The lowest BCUT2D eigenvalue weighted by molar-refractivity contribution is 0.0732. The first-order valence-corrected chi connectivity index (χ1v) is 7.53. The van der Waals surface area contributed by atoms with Crippen molar-refractivity contribution in [2.75, 3.05) is 6.54 Å². The number of amides is 1. The van der Waals surface area contributed by atoms with Crippen molar-refractivity contribution >= 4 is 21.8 Å². The predicted octanol–water partition coefficient (Wildman–Crippen LogP) is 3.82. The summed E-state index contributed by atoms with van der Waals surface area (Å²) < 4.78 is 0.844. The maximum Gasteiger partial charge on any atom is 0.255 e. The molecule has 1 atom stereocenters. The second kappa shape index (κ2) is 5.75. The fourth-order valence-corrected chi connectivity index (χ4v) is 3.13. The number of hydrogen-bond acceptors (Lipinski definition) is 2.